The Morgan fingerprint density at radius 3 is 2.62 bits per heavy atom. The van der Waals surface area contributed by atoms with Crippen molar-refractivity contribution in [2.75, 3.05) is 11.2 Å². The molecule has 132 valence electrons. The van der Waals surface area contributed by atoms with E-state index >= 15 is 0 Å². The summed E-state index contributed by atoms with van der Waals surface area (Å²) >= 11 is 1.24. The first-order valence-corrected chi connectivity index (χ1v) is 8.80. The van der Waals surface area contributed by atoms with E-state index in [4.69, 9.17) is 0 Å². The Kier molecular flexibility index (Phi) is 5.75. The summed E-state index contributed by atoms with van der Waals surface area (Å²) in [4.78, 5) is 16.3. The maximum atomic E-state index is 12.9. The number of nitrogens with one attached hydrogen (secondary N) is 2. The molecular formula is C18H16FN5OS. The number of halogens is 1. The van der Waals surface area contributed by atoms with E-state index in [0.29, 0.717) is 22.4 Å². The van der Waals surface area contributed by atoms with Crippen LogP contribution in [0.25, 0.3) is 0 Å². The van der Waals surface area contributed by atoms with E-state index in [1.807, 2.05) is 18.2 Å². The molecule has 0 amide bonds. The average Bonchev–Trinajstić information content (AvgIpc) is 3.13. The molecule has 2 N–H and O–H groups in total. The van der Waals surface area contributed by atoms with Crippen molar-refractivity contribution >= 4 is 29.2 Å². The number of carbonyl (C=O) groups excluding carboxylic acids is 1. The molecule has 26 heavy (non-hydrogen) atoms. The minimum atomic E-state index is -0.295. The molecule has 0 aliphatic carbocycles. The van der Waals surface area contributed by atoms with Gasteiger partial charge < -0.3 is 0 Å². The van der Waals surface area contributed by atoms with E-state index in [0.717, 1.165) is 5.56 Å². The highest BCUT2D eigenvalue weighted by atomic mass is 32.2. The van der Waals surface area contributed by atoms with E-state index in [-0.39, 0.29) is 17.4 Å². The maximum absolute atomic E-state index is 12.9. The van der Waals surface area contributed by atoms with Crippen molar-refractivity contribution in [2.24, 2.45) is 5.10 Å². The third-order valence-corrected chi connectivity index (χ3v) is 4.33. The zero-order valence-corrected chi connectivity index (χ0v) is 14.8. The normalized spacial score (nSPS) is 11.4. The number of hydrazone groups is 1. The predicted octanol–water partition coefficient (Wildman–Crippen LogP) is 3.75. The molecule has 0 aliphatic heterocycles. The van der Waals surface area contributed by atoms with Crippen molar-refractivity contribution in [3.8, 4) is 0 Å². The van der Waals surface area contributed by atoms with Gasteiger partial charge in [-0.15, -0.1) is 5.10 Å². The van der Waals surface area contributed by atoms with E-state index in [1.54, 1.807) is 31.2 Å². The van der Waals surface area contributed by atoms with Crippen LogP contribution in [0.5, 0.6) is 0 Å². The zero-order chi connectivity index (χ0) is 18.4. The lowest BCUT2D eigenvalue weighted by molar-refractivity contribution is 0.102. The Bertz CT molecular complexity index is 909. The van der Waals surface area contributed by atoms with Crippen LogP contribution in [0.1, 0.15) is 22.8 Å². The summed E-state index contributed by atoms with van der Waals surface area (Å²) in [6.45, 7) is 1.80. The molecule has 0 saturated heterocycles. The third kappa shape index (κ3) is 4.76. The lowest BCUT2D eigenvalue weighted by Crippen LogP contribution is -2.02. The highest BCUT2D eigenvalue weighted by Crippen LogP contribution is 2.16. The molecule has 3 rings (SSSR count). The first kappa shape index (κ1) is 17.8. The van der Waals surface area contributed by atoms with Crippen LogP contribution in [-0.2, 0) is 0 Å². The number of benzene rings is 2. The maximum Gasteiger partial charge on any atom is 0.240 e. The molecule has 0 bridgehead atoms. The molecule has 0 radical (unpaired) electrons. The van der Waals surface area contributed by atoms with E-state index < -0.39 is 0 Å². The van der Waals surface area contributed by atoms with Gasteiger partial charge in [0.2, 0.25) is 11.1 Å². The van der Waals surface area contributed by atoms with E-state index in [1.165, 1.54) is 23.9 Å². The van der Waals surface area contributed by atoms with Crippen LogP contribution in [0.4, 0.5) is 10.3 Å². The minimum absolute atomic E-state index is 0.0140. The molecule has 1 heterocycles. The summed E-state index contributed by atoms with van der Waals surface area (Å²) in [5.41, 5.74) is 4.89. The van der Waals surface area contributed by atoms with Crippen molar-refractivity contribution in [1.29, 1.82) is 0 Å². The number of anilines is 1. The minimum Gasteiger partial charge on any atom is -0.293 e. The average molecular weight is 369 g/mol. The monoisotopic (exact) mass is 369 g/mol. The van der Waals surface area contributed by atoms with Crippen molar-refractivity contribution in [2.45, 2.75) is 12.1 Å². The highest BCUT2D eigenvalue weighted by Gasteiger charge is 2.09. The van der Waals surface area contributed by atoms with Crippen molar-refractivity contribution in [1.82, 2.24) is 15.2 Å². The first-order valence-electron chi connectivity index (χ1n) is 7.81. The van der Waals surface area contributed by atoms with Gasteiger partial charge in [-0.05, 0) is 24.6 Å². The molecule has 1 aromatic heterocycles. The number of hydrogen-bond acceptors (Lipinski definition) is 6. The van der Waals surface area contributed by atoms with Crippen molar-refractivity contribution in [3.05, 3.63) is 71.5 Å². The fraction of sp³-hybridized carbons (Fsp3) is 0.111. The second-order valence-corrected chi connectivity index (χ2v) is 6.30. The van der Waals surface area contributed by atoms with Crippen LogP contribution < -0.4 is 5.43 Å². The van der Waals surface area contributed by atoms with Crippen LogP contribution in [-0.4, -0.2) is 32.4 Å². The summed E-state index contributed by atoms with van der Waals surface area (Å²) in [5, 5.41) is 11.4. The van der Waals surface area contributed by atoms with Gasteiger partial charge >= 0.3 is 0 Å². The quantitative estimate of drug-likeness (QED) is 0.287. The van der Waals surface area contributed by atoms with Crippen LogP contribution in [0.2, 0.25) is 0 Å². The first-order chi connectivity index (χ1) is 12.6. The number of rotatable bonds is 7. The molecule has 2 aromatic carbocycles. The number of ketones is 1. The molecule has 0 aliphatic rings. The Morgan fingerprint density at radius 2 is 1.88 bits per heavy atom. The summed E-state index contributed by atoms with van der Waals surface area (Å²) in [6, 6.07) is 15.1. The summed E-state index contributed by atoms with van der Waals surface area (Å²) in [7, 11) is 0. The van der Waals surface area contributed by atoms with Gasteiger partial charge in [-0.25, -0.2) is 14.9 Å². The fourth-order valence-corrected chi connectivity index (χ4v) is 2.78. The third-order valence-electron chi connectivity index (χ3n) is 3.48. The van der Waals surface area contributed by atoms with Crippen LogP contribution in [0, 0.1) is 5.82 Å². The van der Waals surface area contributed by atoms with E-state index in [2.05, 4.69) is 25.7 Å². The lowest BCUT2D eigenvalue weighted by Gasteiger charge is -2.00. The van der Waals surface area contributed by atoms with Crippen LogP contribution in [0.15, 0.2) is 64.9 Å². The molecule has 0 spiro atoms. The number of H-pyrrole nitrogens is 1. The summed E-state index contributed by atoms with van der Waals surface area (Å²) in [5.74, 6) is 0.330. The summed E-state index contributed by atoms with van der Waals surface area (Å²) < 4.78 is 12.9. The van der Waals surface area contributed by atoms with Gasteiger partial charge in [-0.3, -0.25) is 4.79 Å². The number of hydrogen-bond donors (Lipinski definition) is 2. The number of Topliss-reactive ketones (excluding diaryl/α,β-unsaturated/α-hetero) is 1. The van der Waals surface area contributed by atoms with Gasteiger partial charge in [0.1, 0.15) is 5.82 Å². The van der Waals surface area contributed by atoms with Crippen molar-refractivity contribution in [3.63, 3.8) is 0 Å². The number of aromatic amines is 1. The predicted molar refractivity (Wildman–Crippen MR) is 100 cm³/mol. The molecular weight excluding hydrogens is 353 g/mol. The molecule has 8 heteroatoms. The number of carbonyl (C=O) groups is 1. The highest BCUT2D eigenvalue weighted by molar-refractivity contribution is 7.99. The smallest absolute Gasteiger partial charge is 0.240 e. The van der Waals surface area contributed by atoms with E-state index in [9.17, 15) is 9.18 Å². The molecule has 6 nitrogen and oxygen atoms in total. The molecule has 0 unspecified atom stereocenters. The van der Waals surface area contributed by atoms with Gasteiger partial charge in [0, 0.05) is 5.56 Å². The second-order valence-electron chi connectivity index (χ2n) is 5.36. The van der Waals surface area contributed by atoms with Gasteiger partial charge in [0.15, 0.2) is 5.78 Å². The largest absolute Gasteiger partial charge is 0.293 e. The molecule has 0 fully saturated rings. The van der Waals surface area contributed by atoms with Gasteiger partial charge in [-0.2, -0.15) is 10.1 Å². The second kappa shape index (κ2) is 8.39. The fourth-order valence-electron chi connectivity index (χ4n) is 2.09. The summed E-state index contributed by atoms with van der Waals surface area (Å²) in [6.07, 6.45) is 0. The topological polar surface area (TPSA) is 83.0 Å². The van der Waals surface area contributed by atoms with Crippen LogP contribution >= 0.6 is 11.8 Å². The number of nitrogens with zero attached hydrogens (tertiary/aromatic N) is 3. The van der Waals surface area contributed by atoms with Crippen LogP contribution in [0.3, 0.4) is 0 Å². The van der Waals surface area contributed by atoms with Crippen molar-refractivity contribution < 1.29 is 9.18 Å². The Hall–Kier alpha value is -3.00. The standard InChI is InChI=1S/C18H16FN5OS/c1-12(13-7-9-15(19)10-8-13)21-22-17-20-18(24-23-17)26-11-16(25)14-5-3-2-4-6-14/h2-10H,11H2,1H3,(H2,20,22,23,24)/b21-12+. The number of thioether (sulfide) groups is 1. The zero-order valence-electron chi connectivity index (χ0n) is 13.9. The lowest BCUT2D eigenvalue weighted by atomic mass is 10.1. The Balaban J connectivity index is 1.55. The molecule has 0 saturated carbocycles. The molecule has 0 atom stereocenters. The number of aromatic nitrogens is 3. The van der Waals surface area contributed by atoms with Gasteiger partial charge in [0.05, 0.1) is 11.5 Å². The van der Waals surface area contributed by atoms with Gasteiger partial charge in [0.25, 0.3) is 0 Å². The molecule has 3 aromatic rings. The van der Waals surface area contributed by atoms with Gasteiger partial charge in [-0.1, -0.05) is 54.2 Å². The Morgan fingerprint density at radius 1 is 1.15 bits per heavy atom. The Labute approximate surface area is 153 Å². The SMILES string of the molecule is C/C(=N\Nc1nc(SCC(=O)c2ccccc2)n[nH]1)c1ccc(F)cc1.